The van der Waals surface area contributed by atoms with Crippen LogP contribution in [0.4, 0.5) is 0 Å². The second-order valence-electron chi connectivity index (χ2n) is 9.33. The summed E-state index contributed by atoms with van der Waals surface area (Å²) in [4.78, 5) is 11.9. The first kappa shape index (κ1) is 23.8. The predicted molar refractivity (Wildman–Crippen MR) is 112 cm³/mol. The normalized spacial score (nSPS) is 12.7. The van der Waals surface area contributed by atoms with Crippen molar-refractivity contribution in [1.82, 2.24) is 15.0 Å². The first-order valence-corrected chi connectivity index (χ1v) is 9.92. The first-order valence-electron chi connectivity index (χ1n) is 9.92. The van der Waals surface area contributed by atoms with E-state index in [1.54, 1.807) is 40.8 Å². The van der Waals surface area contributed by atoms with E-state index in [2.05, 4.69) is 10.3 Å². The number of nitrogens with zero attached hydrogens (tertiary/aromatic N) is 3. The number of benzene rings is 1. The third-order valence-electron chi connectivity index (χ3n) is 5.01. The number of aromatic nitrogens is 3. The minimum atomic E-state index is -0.950. The maximum absolute atomic E-state index is 11.9. The van der Waals surface area contributed by atoms with Crippen molar-refractivity contribution in [3.05, 3.63) is 41.7 Å². The molecule has 0 aliphatic carbocycles. The van der Waals surface area contributed by atoms with E-state index in [1.807, 2.05) is 38.1 Å². The summed E-state index contributed by atoms with van der Waals surface area (Å²) in [6, 6.07) is 7.53. The second kappa shape index (κ2) is 9.14. The van der Waals surface area contributed by atoms with Gasteiger partial charge in [-0.25, -0.2) is 4.68 Å². The zero-order chi connectivity index (χ0) is 22.6. The van der Waals surface area contributed by atoms with E-state index < -0.39 is 16.6 Å². The van der Waals surface area contributed by atoms with Crippen molar-refractivity contribution >= 4 is 5.97 Å². The number of hydrogen-bond acceptors (Lipinski definition) is 7. The Kier molecular flexibility index (Phi) is 7.26. The van der Waals surface area contributed by atoms with Gasteiger partial charge in [-0.1, -0.05) is 17.3 Å². The van der Waals surface area contributed by atoms with Crippen molar-refractivity contribution in [1.29, 1.82) is 0 Å². The van der Waals surface area contributed by atoms with Crippen LogP contribution in [0.15, 0.2) is 30.5 Å². The van der Waals surface area contributed by atoms with E-state index in [0.29, 0.717) is 18.1 Å². The summed E-state index contributed by atoms with van der Waals surface area (Å²) in [5.41, 5.74) is -0.542. The zero-order valence-corrected chi connectivity index (χ0v) is 18.9. The molecule has 166 valence electrons. The Labute approximate surface area is 178 Å². The average Bonchev–Trinajstić information content (AvgIpc) is 3.09. The van der Waals surface area contributed by atoms with Crippen molar-refractivity contribution < 1.29 is 24.1 Å². The van der Waals surface area contributed by atoms with E-state index in [1.165, 1.54) is 4.68 Å². The molecule has 2 rings (SSSR count). The number of carbonyl (C=O) groups is 1. The summed E-state index contributed by atoms with van der Waals surface area (Å²) in [5, 5.41) is 18.0. The highest BCUT2D eigenvalue weighted by Crippen LogP contribution is 2.26. The van der Waals surface area contributed by atoms with Crippen LogP contribution in [0.3, 0.4) is 0 Å². The van der Waals surface area contributed by atoms with Crippen molar-refractivity contribution in [3.63, 3.8) is 0 Å². The van der Waals surface area contributed by atoms with Crippen LogP contribution in [0, 0.1) is 5.41 Å². The molecule has 0 unspecified atom stereocenters. The molecule has 30 heavy (non-hydrogen) atoms. The van der Waals surface area contributed by atoms with Gasteiger partial charge >= 0.3 is 5.97 Å². The van der Waals surface area contributed by atoms with Gasteiger partial charge in [0.15, 0.2) is 6.73 Å². The Balaban J connectivity index is 1.88. The molecule has 0 atom stereocenters. The largest absolute Gasteiger partial charge is 0.487 e. The monoisotopic (exact) mass is 419 g/mol. The van der Waals surface area contributed by atoms with Crippen LogP contribution < -0.4 is 4.74 Å². The molecular weight excluding hydrogens is 386 g/mol. The lowest BCUT2D eigenvalue weighted by Gasteiger charge is -2.37. The smallest absolute Gasteiger partial charge is 0.313 e. The Morgan fingerprint density at radius 2 is 1.67 bits per heavy atom. The maximum Gasteiger partial charge on any atom is 0.313 e. The fourth-order valence-electron chi connectivity index (χ4n) is 2.12. The summed E-state index contributed by atoms with van der Waals surface area (Å²) in [6.45, 7) is 13.2. The topological polar surface area (TPSA) is 95.7 Å². The molecule has 0 saturated carbocycles. The molecule has 1 heterocycles. The third kappa shape index (κ3) is 6.53. The number of hydrogen-bond donors (Lipinski definition) is 1. The minimum absolute atomic E-state index is 0.0118. The van der Waals surface area contributed by atoms with Crippen LogP contribution in [0.5, 0.6) is 5.75 Å². The van der Waals surface area contributed by atoms with Gasteiger partial charge in [0.05, 0.1) is 35.1 Å². The molecule has 8 nitrogen and oxygen atoms in total. The molecule has 0 aliphatic heterocycles. The molecule has 0 amide bonds. The van der Waals surface area contributed by atoms with E-state index in [4.69, 9.17) is 14.2 Å². The SMILES string of the molecule is CC(C)(C)C(=O)OCn1nncc1COc1ccc(COC(C)(C)C(C)(C)O)cc1. The third-order valence-corrected chi connectivity index (χ3v) is 5.01. The molecule has 0 bridgehead atoms. The van der Waals surface area contributed by atoms with E-state index in [0.717, 1.165) is 5.56 Å². The lowest BCUT2D eigenvalue weighted by molar-refractivity contribution is -0.157. The van der Waals surface area contributed by atoms with Gasteiger partial charge < -0.3 is 19.3 Å². The highest BCUT2D eigenvalue weighted by Gasteiger charge is 2.35. The molecule has 2 aromatic rings. The molecule has 1 N–H and O–H groups in total. The van der Waals surface area contributed by atoms with Gasteiger partial charge in [0.2, 0.25) is 0 Å². The van der Waals surface area contributed by atoms with Gasteiger partial charge in [0, 0.05) is 0 Å². The number of aliphatic hydroxyl groups is 1. The average molecular weight is 420 g/mol. The van der Waals surface area contributed by atoms with Crippen LogP contribution in [-0.4, -0.2) is 37.3 Å². The molecule has 8 heteroatoms. The fourth-order valence-corrected chi connectivity index (χ4v) is 2.12. The van der Waals surface area contributed by atoms with Crippen LogP contribution in [0.1, 0.15) is 59.7 Å². The lowest BCUT2D eigenvalue weighted by atomic mass is 9.89. The standard InChI is InChI=1S/C22H33N3O5/c1-20(2,3)19(26)29-15-25-17(12-23-24-25)14-28-18-10-8-16(9-11-18)13-30-22(6,7)21(4,5)27/h8-12,27H,13-15H2,1-7H3. The fraction of sp³-hybridized carbons (Fsp3) is 0.591. The second-order valence-corrected chi connectivity index (χ2v) is 9.33. The van der Waals surface area contributed by atoms with Crippen molar-refractivity contribution in [2.24, 2.45) is 5.41 Å². The number of carbonyl (C=O) groups excluding carboxylic acids is 1. The molecule has 0 radical (unpaired) electrons. The molecule has 1 aromatic heterocycles. The Morgan fingerprint density at radius 3 is 2.23 bits per heavy atom. The van der Waals surface area contributed by atoms with E-state index >= 15 is 0 Å². The quantitative estimate of drug-likeness (QED) is 0.622. The van der Waals surface area contributed by atoms with E-state index in [9.17, 15) is 9.90 Å². The van der Waals surface area contributed by atoms with Crippen LogP contribution in [0.2, 0.25) is 0 Å². The molecule has 1 aromatic carbocycles. The number of rotatable bonds is 9. The van der Waals surface area contributed by atoms with E-state index in [-0.39, 0.29) is 19.3 Å². The van der Waals surface area contributed by atoms with Gasteiger partial charge in [0.1, 0.15) is 12.4 Å². The van der Waals surface area contributed by atoms with Gasteiger partial charge in [-0.15, -0.1) is 5.10 Å². The Morgan fingerprint density at radius 1 is 1.03 bits per heavy atom. The Hall–Kier alpha value is -2.45. The van der Waals surface area contributed by atoms with Gasteiger partial charge in [-0.05, 0) is 66.2 Å². The first-order chi connectivity index (χ1) is 13.8. The summed E-state index contributed by atoms with van der Waals surface area (Å²) in [5.74, 6) is 0.371. The van der Waals surface area contributed by atoms with Crippen molar-refractivity contribution in [2.75, 3.05) is 0 Å². The van der Waals surface area contributed by atoms with Gasteiger partial charge in [-0.2, -0.15) is 0 Å². The Bertz CT molecular complexity index is 830. The molecule has 0 fully saturated rings. The van der Waals surface area contributed by atoms with Crippen LogP contribution in [-0.2, 0) is 34.2 Å². The molecule has 0 spiro atoms. The summed E-state index contributed by atoms with van der Waals surface area (Å²) in [7, 11) is 0. The molecular formula is C22H33N3O5. The maximum atomic E-state index is 11.9. The summed E-state index contributed by atoms with van der Waals surface area (Å²) in [6.07, 6.45) is 1.58. The van der Waals surface area contributed by atoms with Crippen molar-refractivity contribution in [3.8, 4) is 5.75 Å². The summed E-state index contributed by atoms with van der Waals surface area (Å²) >= 11 is 0. The number of ether oxygens (including phenoxy) is 3. The molecule has 0 aliphatic rings. The predicted octanol–water partition coefficient (Wildman–Crippen LogP) is 3.47. The lowest BCUT2D eigenvalue weighted by Crippen LogP contribution is -2.47. The zero-order valence-electron chi connectivity index (χ0n) is 18.9. The highest BCUT2D eigenvalue weighted by molar-refractivity contribution is 5.75. The van der Waals surface area contributed by atoms with Gasteiger partial charge in [0.25, 0.3) is 0 Å². The van der Waals surface area contributed by atoms with Gasteiger partial charge in [-0.3, -0.25) is 4.79 Å². The highest BCUT2D eigenvalue weighted by atomic mass is 16.5. The van der Waals surface area contributed by atoms with Crippen LogP contribution >= 0.6 is 0 Å². The molecule has 0 saturated heterocycles. The number of esters is 1. The van der Waals surface area contributed by atoms with Crippen LogP contribution in [0.25, 0.3) is 0 Å². The summed E-state index contributed by atoms with van der Waals surface area (Å²) < 4.78 is 18.4. The van der Waals surface area contributed by atoms with Crippen molar-refractivity contribution in [2.45, 2.75) is 79.6 Å². The minimum Gasteiger partial charge on any atom is -0.487 e.